The van der Waals surface area contributed by atoms with Crippen LogP contribution < -0.4 is 0 Å². The minimum absolute atomic E-state index is 0.0242. The van der Waals surface area contributed by atoms with Crippen molar-refractivity contribution in [2.45, 2.75) is 40.0 Å². The number of hydrogen-bond donors (Lipinski definition) is 0. The standard InChI is InChI=1S/C13H22N4/c1-9(2)11(14-6)16-12-10(13(3,4)5)8-15-17(12)7/h8-9H,6H2,1-5,7H3. The Bertz CT molecular complexity index is 433. The number of amidine groups is 1. The van der Waals surface area contributed by atoms with Crippen molar-refractivity contribution in [3.8, 4) is 0 Å². The number of aromatic nitrogens is 2. The fourth-order valence-corrected chi connectivity index (χ4v) is 1.55. The molecule has 0 bridgehead atoms. The largest absolute Gasteiger partial charge is 0.251 e. The van der Waals surface area contributed by atoms with Crippen LogP contribution in [-0.4, -0.2) is 22.3 Å². The lowest BCUT2D eigenvalue weighted by atomic mass is 9.89. The molecule has 0 spiro atoms. The van der Waals surface area contributed by atoms with E-state index < -0.39 is 0 Å². The minimum atomic E-state index is 0.0242. The molecule has 4 heteroatoms. The number of hydrogen-bond acceptors (Lipinski definition) is 2. The van der Waals surface area contributed by atoms with Gasteiger partial charge in [-0.3, -0.25) is 4.68 Å². The molecule has 0 radical (unpaired) electrons. The highest BCUT2D eigenvalue weighted by Gasteiger charge is 2.21. The van der Waals surface area contributed by atoms with Crippen LogP contribution in [0.15, 0.2) is 16.2 Å². The third-order valence-corrected chi connectivity index (χ3v) is 2.61. The van der Waals surface area contributed by atoms with Crippen molar-refractivity contribution >= 4 is 18.4 Å². The first-order valence-corrected chi connectivity index (χ1v) is 5.85. The van der Waals surface area contributed by atoms with E-state index in [1.165, 1.54) is 0 Å². The second kappa shape index (κ2) is 4.82. The summed E-state index contributed by atoms with van der Waals surface area (Å²) in [5.41, 5.74) is 1.15. The van der Waals surface area contributed by atoms with E-state index in [0.29, 0.717) is 0 Å². The van der Waals surface area contributed by atoms with E-state index in [1.807, 2.05) is 13.2 Å². The molecule has 0 fully saturated rings. The van der Waals surface area contributed by atoms with Gasteiger partial charge < -0.3 is 0 Å². The molecule has 4 nitrogen and oxygen atoms in total. The molecular weight excluding hydrogens is 212 g/mol. The SMILES string of the molecule is C=NC(=Nc1c(C(C)(C)C)cnn1C)C(C)C. The molecule has 0 unspecified atom stereocenters. The molecule has 1 aromatic rings. The highest BCUT2D eigenvalue weighted by molar-refractivity contribution is 5.89. The third-order valence-electron chi connectivity index (χ3n) is 2.61. The first-order valence-electron chi connectivity index (χ1n) is 5.85. The van der Waals surface area contributed by atoms with E-state index in [0.717, 1.165) is 17.2 Å². The van der Waals surface area contributed by atoms with Crippen LogP contribution >= 0.6 is 0 Å². The summed E-state index contributed by atoms with van der Waals surface area (Å²) in [5.74, 6) is 1.88. The van der Waals surface area contributed by atoms with Crippen LogP contribution in [-0.2, 0) is 12.5 Å². The van der Waals surface area contributed by atoms with E-state index >= 15 is 0 Å². The van der Waals surface area contributed by atoms with Crippen molar-refractivity contribution in [1.29, 1.82) is 0 Å². The third kappa shape index (κ3) is 3.02. The molecule has 94 valence electrons. The van der Waals surface area contributed by atoms with Crippen molar-refractivity contribution in [2.24, 2.45) is 23.0 Å². The van der Waals surface area contributed by atoms with Gasteiger partial charge >= 0.3 is 0 Å². The second-order valence-corrected chi connectivity index (χ2v) is 5.54. The van der Waals surface area contributed by atoms with Crippen LogP contribution in [0.25, 0.3) is 0 Å². The normalized spacial score (nSPS) is 13.2. The Hall–Kier alpha value is -1.45. The summed E-state index contributed by atoms with van der Waals surface area (Å²) in [6.45, 7) is 14.1. The van der Waals surface area contributed by atoms with Gasteiger partial charge in [0.2, 0.25) is 0 Å². The smallest absolute Gasteiger partial charge is 0.156 e. The van der Waals surface area contributed by atoms with Gasteiger partial charge in [0.1, 0.15) is 5.84 Å². The summed E-state index contributed by atoms with van der Waals surface area (Å²) in [6.07, 6.45) is 1.87. The Morgan fingerprint density at radius 3 is 2.41 bits per heavy atom. The highest BCUT2D eigenvalue weighted by Crippen LogP contribution is 2.31. The fourth-order valence-electron chi connectivity index (χ4n) is 1.55. The van der Waals surface area contributed by atoms with E-state index in [2.05, 4.69) is 56.4 Å². The fraction of sp³-hybridized carbons (Fsp3) is 0.615. The second-order valence-electron chi connectivity index (χ2n) is 5.54. The predicted octanol–water partition coefficient (Wildman–Crippen LogP) is 3.10. The van der Waals surface area contributed by atoms with Crippen molar-refractivity contribution in [2.75, 3.05) is 0 Å². The van der Waals surface area contributed by atoms with Gasteiger partial charge in [-0.2, -0.15) is 5.10 Å². The zero-order valence-corrected chi connectivity index (χ0v) is 11.7. The molecule has 0 saturated heterocycles. The number of aliphatic imine (C=N–C) groups is 2. The van der Waals surface area contributed by atoms with Gasteiger partial charge in [0.15, 0.2) is 5.82 Å². The molecule has 1 aromatic heterocycles. The van der Waals surface area contributed by atoms with Crippen LogP contribution in [0.4, 0.5) is 5.82 Å². The van der Waals surface area contributed by atoms with Crippen LogP contribution in [0.2, 0.25) is 0 Å². The van der Waals surface area contributed by atoms with Crippen molar-refractivity contribution in [3.63, 3.8) is 0 Å². The Labute approximate surface area is 103 Å². The van der Waals surface area contributed by atoms with Gasteiger partial charge in [0, 0.05) is 18.5 Å². The minimum Gasteiger partial charge on any atom is -0.251 e. The molecule has 0 atom stereocenters. The van der Waals surface area contributed by atoms with Gasteiger partial charge in [-0.05, 0) is 12.1 Å². The Kier molecular flexibility index (Phi) is 3.86. The van der Waals surface area contributed by atoms with E-state index in [4.69, 9.17) is 0 Å². The average Bonchev–Trinajstić information content (AvgIpc) is 2.55. The summed E-state index contributed by atoms with van der Waals surface area (Å²) >= 11 is 0. The lowest BCUT2D eigenvalue weighted by molar-refractivity contribution is 0.590. The maximum atomic E-state index is 4.59. The summed E-state index contributed by atoms with van der Waals surface area (Å²) in [6, 6.07) is 0. The van der Waals surface area contributed by atoms with Crippen LogP contribution in [0.3, 0.4) is 0 Å². The lowest BCUT2D eigenvalue weighted by Gasteiger charge is -2.17. The van der Waals surface area contributed by atoms with E-state index in [-0.39, 0.29) is 11.3 Å². The molecule has 0 N–H and O–H groups in total. The zero-order valence-electron chi connectivity index (χ0n) is 11.7. The summed E-state index contributed by atoms with van der Waals surface area (Å²) in [4.78, 5) is 8.58. The van der Waals surface area contributed by atoms with Gasteiger partial charge in [-0.25, -0.2) is 9.98 Å². The molecule has 0 amide bonds. The molecule has 0 aliphatic heterocycles. The zero-order chi connectivity index (χ0) is 13.2. The number of aryl methyl sites for hydroxylation is 1. The Balaban J connectivity index is 3.31. The van der Waals surface area contributed by atoms with Gasteiger partial charge in [-0.1, -0.05) is 34.6 Å². The van der Waals surface area contributed by atoms with Crippen molar-refractivity contribution in [1.82, 2.24) is 9.78 Å². The molecule has 0 aromatic carbocycles. The van der Waals surface area contributed by atoms with Crippen molar-refractivity contribution in [3.05, 3.63) is 11.8 Å². The van der Waals surface area contributed by atoms with E-state index in [1.54, 1.807) is 4.68 Å². The van der Waals surface area contributed by atoms with Gasteiger partial charge in [-0.15, -0.1) is 0 Å². The molecule has 1 heterocycles. The van der Waals surface area contributed by atoms with Gasteiger partial charge in [0.25, 0.3) is 0 Å². The first-order chi connectivity index (χ1) is 7.77. The first kappa shape index (κ1) is 13.6. The lowest BCUT2D eigenvalue weighted by Crippen LogP contribution is -2.11. The Morgan fingerprint density at radius 1 is 1.41 bits per heavy atom. The molecule has 1 rings (SSSR count). The quantitative estimate of drug-likeness (QED) is 0.572. The topological polar surface area (TPSA) is 42.5 Å². The summed E-state index contributed by atoms with van der Waals surface area (Å²) in [5, 5.41) is 4.28. The summed E-state index contributed by atoms with van der Waals surface area (Å²) in [7, 11) is 1.90. The van der Waals surface area contributed by atoms with Crippen LogP contribution in [0.5, 0.6) is 0 Å². The highest BCUT2D eigenvalue weighted by atomic mass is 15.3. The monoisotopic (exact) mass is 234 g/mol. The molecule has 0 aliphatic rings. The van der Waals surface area contributed by atoms with E-state index in [9.17, 15) is 0 Å². The molecule has 17 heavy (non-hydrogen) atoms. The average molecular weight is 234 g/mol. The number of rotatable bonds is 2. The molecule has 0 saturated carbocycles. The predicted molar refractivity (Wildman–Crippen MR) is 73.4 cm³/mol. The van der Waals surface area contributed by atoms with Crippen molar-refractivity contribution < 1.29 is 0 Å². The van der Waals surface area contributed by atoms with Crippen LogP contribution in [0, 0.1) is 5.92 Å². The van der Waals surface area contributed by atoms with Crippen LogP contribution in [0.1, 0.15) is 40.2 Å². The number of nitrogens with zero attached hydrogens (tertiary/aromatic N) is 4. The molecule has 0 aliphatic carbocycles. The summed E-state index contributed by atoms with van der Waals surface area (Å²) < 4.78 is 1.79. The molecular formula is C13H22N4. The maximum absolute atomic E-state index is 4.59. The Morgan fingerprint density at radius 2 is 2.00 bits per heavy atom. The maximum Gasteiger partial charge on any atom is 0.156 e. The van der Waals surface area contributed by atoms with Gasteiger partial charge in [0.05, 0.1) is 6.20 Å².